The molecule has 0 radical (unpaired) electrons. The molecule has 1 aliphatic carbocycles. The van der Waals surface area contributed by atoms with Crippen LogP contribution in [0.25, 0.3) is 11.5 Å². The Morgan fingerprint density at radius 3 is 2.32 bits per heavy atom. The Morgan fingerprint density at radius 1 is 1.24 bits per heavy atom. The van der Waals surface area contributed by atoms with Crippen LogP contribution in [0.2, 0.25) is 0 Å². The lowest BCUT2D eigenvalue weighted by molar-refractivity contribution is 0.229. The zero-order chi connectivity index (χ0) is 17.5. The first kappa shape index (κ1) is 19.8. The highest BCUT2D eigenvalue weighted by Gasteiger charge is 2.39. The van der Waals surface area contributed by atoms with Crippen molar-refractivity contribution in [1.29, 1.82) is 0 Å². The van der Waals surface area contributed by atoms with Crippen molar-refractivity contribution < 1.29 is 12.9 Å². The molecule has 3 rings (SSSR count). The van der Waals surface area contributed by atoms with Gasteiger partial charge in [0.05, 0.1) is 10.4 Å². The van der Waals surface area contributed by atoms with Crippen molar-refractivity contribution in [3.05, 3.63) is 30.1 Å². The van der Waals surface area contributed by atoms with E-state index in [2.05, 4.69) is 10.1 Å². The van der Waals surface area contributed by atoms with E-state index in [4.69, 9.17) is 10.3 Å². The van der Waals surface area contributed by atoms with Gasteiger partial charge in [0.25, 0.3) is 5.89 Å². The van der Waals surface area contributed by atoms with E-state index in [0.29, 0.717) is 17.3 Å². The van der Waals surface area contributed by atoms with Crippen LogP contribution in [0.3, 0.4) is 0 Å². The third-order valence-electron chi connectivity index (χ3n) is 4.62. The van der Waals surface area contributed by atoms with E-state index in [-0.39, 0.29) is 23.3 Å². The van der Waals surface area contributed by atoms with Crippen LogP contribution < -0.4 is 5.73 Å². The quantitative estimate of drug-likeness (QED) is 0.846. The van der Waals surface area contributed by atoms with Crippen molar-refractivity contribution in [3.63, 3.8) is 0 Å². The van der Waals surface area contributed by atoms with Gasteiger partial charge < -0.3 is 10.3 Å². The zero-order valence-corrected chi connectivity index (χ0v) is 16.1. The van der Waals surface area contributed by atoms with Crippen LogP contribution in [-0.2, 0) is 15.6 Å². The molecule has 138 valence electrons. The van der Waals surface area contributed by atoms with E-state index in [1.807, 2.05) is 13.8 Å². The predicted octanol–water partition coefficient (Wildman–Crippen LogP) is 2.53. The maximum atomic E-state index is 12.5. The number of sulfonamides is 1. The molecule has 25 heavy (non-hydrogen) atoms. The molecule has 2 aromatic rings. The SMILES string of the molecule is CC(C)N(C)S(=O)(=O)c1ccc(-c2nc(C3(N)CCC3)no2)cc1.Cl. The number of rotatable bonds is 5. The molecule has 0 bridgehead atoms. The highest BCUT2D eigenvalue weighted by molar-refractivity contribution is 7.89. The Morgan fingerprint density at radius 2 is 1.84 bits per heavy atom. The van der Waals surface area contributed by atoms with Crippen molar-refractivity contribution in [1.82, 2.24) is 14.4 Å². The molecule has 1 aromatic heterocycles. The Kier molecular flexibility index (Phi) is 5.58. The number of nitrogens with two attached hydrogens (primary N) is 1. The largest absolute Gasteiger partial charge is 0.334 e. The summed E-state index contributed by atoms with van der Waals surface area (Å²) in [5.74, 6) is 0.864. The lowest BCUT2D eigenvalue weighted by Gasteiger charge is -2.34. The molecule has 1 saturated carbocycles. The van der Waals surface area contributed by atoms with Gasteiger partial charge in [0.15, 0.2) is 5.82 Å². The molecule has 0 atom stereocenters. The Bertz CT molecular complexity index is 829. The summed E-state index contributed by atoms with van der Waals surface area (Å²) < 4.78 is 31.5. The number of hydrogen-bond donors (Lipinski definition) is 1. The smallest absolute Gasteiger partial charge is 0.257 e. The van der Waals surface area contributed by atoms with Crippen molar-refractivity contribution in [2.75, 3.05) is 7.05 Å². The van der Waals surface area contributed by atoms with Crippen molar-refractivity contribution in [2.45, 2.75) is 49.6 Å². The second-order valence-electron chi connectivity index (χ2n) is 6.57. The molecular formula is C16H23ClN4O3S. The first-order valence-electron chi connectivity index (χ1n) is 7.95. The van der Waals surface area contributed by atoms with Gasteiger partial charge >= 0.3 is 0 Å². The van der Waals surface area contributed by atoms with E-state index in [1.165, 1.54) is 4.31 Å². The van der Waals surface area contributed by atoms with Crippen LogP contribution in [0, 0.1) is 0 Å². The minimum atomic E-state index is -3.50. The molecule has 1 aromatic carbocycles. The molecule has 0 aliphatic heterocycles. The van der Waals surface area contributed by atoms with Crippen LogP contribution in [0.15, 0.2) is 33.7 Å². The fraction of sp³-hybridized carbons (Fsp3) is 0.500. The maximum absolute atomic E-state index is 12.5. The third kappa shape index (κ3) is 3.57. The fourth-order valence-electron chi connectivity index (χ4n) is 2.54. The van der Waals surface area contributed by atoms with Crippen molar-refractivity contribution in [3.8, 4) is 11.5 Å². The van der Waals surface area contributed by atoms with E-state index in [9.17, 15) is 8.42 Å². The standard InChI is InChI=1S/C16H22N4O3S.ClH/c1-11(2)20(3)24(21,22)13-7-5-12(6-8-13)14-18-15(19-23-14)16(17)9-4-10-16;/h5-8,11H,4,9-10,17H2,1-3H3;1H. The summed E-state index contributed by atoms with van der Waals surface area (Å²) in [6, 6.07) is 6.32. The molecule has 7 nitrogen and oxygen atoms in total. The summed E-state index contributed by atoms with van der Waals surface area (Å²) in [6.07, 6.45) is 2.77. The van der Waals surface area contributed by atoms with Gasteiger partial charge in [0.2, 0.25) is 10.0 Å². The van der Waals surface area contributed by atoms with Gasteiger partial charge in [0, 0.05) is 18.7 Å². The summed E-state index contributed by atoms with van der Waals surface area (Å²) in [4.78, 5) is 4.60. The summed E-state index contributed by atoms with van der Waals surface area (Å²) in [6.45, 7) is 3.66. The van der Waals surface area contributed by atoms with E-state index >= 15 is 0 Å². The summed E-state index contributed by atoms with van der Waals surface area (Å²) in [5, 5.41) is 3.97. The molecule has 1 fully saturated rings. The summed E-state index contributed by atoms with van der Waals surface area (Å²) >= 11 is 0. The van der Waals surface area contributed by atoms with E-state index in [0.717, 1.165) is 19.3 Å². The van der Waals surface area contributed by atoms with Crippen LogP contribution in [0.4, 0.5) is 0 Å². The van der Waals surface area contributed by atoms with Crippen LogP contribution in [0.1, 0.15) is 38.9 Å². The number of aromatic nitrogens is 2. The molecular weight excluding hydrogens is 364 g/mol. The van der Waals surface area contributed by atoms with Crippen molar-refractivity contribution in [2.24, 2.45) is 5.73 Å². The monoisotopic (exact) mass is 386 g/mol. The highest BCUT2D eigenvalue weighted by Crippen LogP contribution is 2.37. The van der Waals surface area contributed by atoms with Crippen molar-refractivity contribution >= 4 is 22.4 Å². The molecule has 1 heterocycles. The average molecular weight is 387 g/mol. The molecule has 0 spiro atoms. The second kappa shape index (κ2) is 7.03. The third-order valence-corrected chi connectivity index (χ3v) is 6.67. The fourth-order valence-corrected chi connectivity index (χ4v) is 3.91. The lowest BCUT2D eigenvalue weighted by atomic mass is 9.77. The minimum Gasteiger partial charge on any atom is -0.334 e. The number of hydrogen-bond acceptors (Lipinski definition) is 6. The Labute approximate surface area is 154 Å². The average Bonchev–Trinajstić information content (AvgIpc) is 3.02. The summed E-state index contributed by atoms with van der Waals surface area (Å²) in [5.41, 5.74) is 6.38. The molecule has 0 saturated heterocycles. The Hall–Kier alpha value is -1.48. The minimum absolute atomic E-state index is 0. The molecule has 1 aliphatic rings. The predicted molar refractivity (Wildman–Crippen MR) is 96.8 cm³/mol. The Balaban J connectivity index is 0.00000225. The molecule has 2 N–H and O–H groups in total. The second-order valence-corrected chi connectivity index (χ2v) is 8.57. The summed E-state index contributed by atoms with van der Waals surface area (Å²) in [7, 11) is -1.94. The van der Waals surface area contributed by atoms with Crippen LogP contribution >= 0.6 is 12.4 Å². The first-order chi connectivity index (χ1) is 11.2. The van der Waals surface area contributed by atoms with Gasteiger partial charge in [-0.05, 0) is 57.4 Å². The topological polar surface area (TPSA) is 102 Å². The van der Waals surface area contributed by atoms with Crippen LogP contribution in [0.5, 0.6) is 0 Å². The van der Waals surface area contributed by atoms with Gasteiger partial charge in [0.1, 0.15) is 0 Å². The van der Waals surface area contributed by atoms with Crippen LogP contribution in [-0.4, -0.2) is 36.0 Å². The first-order valence-corrected chi connectivity index (χ1v) is 9.39. The van der Waals surface area contributed by atoms with Gasteiger partial charge in [-0.1, -0.05) is 5.16 Å². The zero-order valence-electron chi connectivity index (χ0n) is 14.5. The molecule has 9 heteroatoms. The maximum Gasteiger partial charge on any atom is 0.257 e. The molecule has 0 amide bonds. The normalized spacial score (nSPS) is 16.6. The van der Waals surface area contributed by atoms with E-state index < -0.39 is 15.6 Å². The molecule has 0 unspecified atom stereocenters. The lowest BCUT2D eigenvalue weighted by Crippen LogP contribution is -2.44. The van der Waals surface area contributed by atoms with Gasteiger partial charge in [-0.3, -0.25) is 0 Å². The number of benzene rings is 1. The van der Waals surface area contributed by atoms with Gasteiger partial charge in [-0.25, -0.2) is 8.42 Å². The van der Waals surface area contributed by atoms with E-state index in [1.54, 1.807) is 31.3 Å². The van der Waals surface area contributed by atoms with Gasteiger partial charge in [-0.2, -0.15) is 9.29 Å². The number of nitrogens with zero attached hydrogens (tertiary/aromatic N) is 3. The highest BCUT2D eigenvalue weighted by atomic mass is 35.5. The van der Waals surface area contributed by atoms with Gasteiger partial charge in [-0.15, -0.1) is 12.4 Å². The number of halogens is 1.